The fourth-order valence-corrected chi connectivity index (χ4v) is 0.597. The van der Waals surface area contributed by atoms with Gasteiger partial charge < -0.3 is 10.8 Å². The van der Waals surface area contributed by atoms with Crippen LogP contribution in [0.4, 0.5) is 10.1 Å². The molecule has 54 valence electrons. The van der Waals surface area contributed by atoms with E-state index in [9.17, 15) is 4.39 Å². The molecule has 0 atom stereocenters. The molecule has 1 aromatic rings. The van der Waals surface area contributed by atoms with Crippen LogP contribution in [-0.2, 0) is 6.61 Å². The number of rotatable bonds is 1. The highest BCUT2D eigenvalue weighted by molar-refractivity contribution is 5.35. The number of hydrogen-bond acceptors (Lipinski definition) is 3. The highest BCUT2D eigenvalue weighted by atomic mass is 19.1. The molecule has 0 aromatic carbocycles. The number of anilines is 1. The van der Waals surface area contributed by atoms with E-state index in [1.165, 1.54) is 6.20 Å². The molecule has 0 unspecified atom stereocenters. The highest BCUT2D eigenvalue weighted by Crippen LogP contribution is 2.07. The zero-order valence-corrected chi connectivity index (χ0v) is 5.21. The Morgan fingerprint density at radius 1 is 1.70 bits per heavy atom. The average molecular weight is 142 g/mol. The molecular formula is C6H7FN2O. The first-order valence-electron chi connectivity index (χ1n) is 2.75. The van der Waals surface area contributed by atoms with Gasteiger partial charge in [-0.3, -0.25) is 4.98 Å². The molecule has 0 aliphatic carbocycles. The number of aliphatic hydroxyl groups is 1. The van der Waals surface area contributed by atoms with Crippen LogP contribution in [-0.4, -0.2) is 10.1 Å². The maximum Gasteiger partial charge on any atom is 0.149 e. The van der Waals surface area contributed by atoms with E-state index in [-0.39, 0.29) is 11.4 Å². The van der Waals surface area contributed by atoms with Crippen LogP contribution in [0.5, 0.6) is 0 Å². The third-order valence-electron chi connectivity index (χ3n) is 1.09. The molecule has 3 N–H and O–H groups in total. The van der Waals surface area contributed by atoms with Crippen LogP contribution < -0.4 is 5.73 Å². The second kappa shape index (κ2) is 2.62. The number of hydrogen-bond donors (Lipinski definition) is 2. The van der Waals surface area contributed by atoms with Gasteiger partial charge in [-0.1, -0.05) is 0 Å². The number of nitrogen functional groups attached to an aromatic ring is 1. The molecule has 0 saturated carbocycles. The van der Waals surface area contributed by atoms with Crippen molar-refractivity contribution < 1.29 is 9.50 Å². The molecule has 3 nitrogen and oxygen atoms in total. The molecular weight excluding hydrogens is 135 g/mol. The van der Waals surface area contributed by atoms with Crippen molar-refractivity contribution in [3.05, 3.63) is 23.8 Å². The lowest BCUT2D eigenvalue weighted by atomic mass is 10.3. The number of halogens is 1. The normalized spacial score (nSPS) is 9.80. The Labute approximate surface area is 57.3 Å². The lowest BCUT2D eigenvalue weighted by Gasteiger charge is -1.97. The standard InChI is InChI=1S/C6H7FN2O/c7-5-1-4(8)2-9-6(5)3-10/h1-2,10H,3,8H2. The van der Waals surface area contributed by atoms with Gasteiger partial charge in [-0.2, -0.15) is 0 Å². The molecule has 0 saturated heterocycles. The topological polar surface area (TPSA) is 59.1 Å². The molecule has 10 heavy (non-hydrogen) atoms. The minimum absolute atomic E-state index is 0.0224. The third kappa shape index (κ3) is 1.22. The van der Waals surface area contributed by atoms with Crippen molar-refractivity contribution in [2.75, 3.05) is 5.73 Å². The minimum atomic E-state index is -0.567. The summed E-state index contributed by atoms with van der Waals surface area (Å²) in [6, 6.07) is 1.12. The van der Waals surface area contributed by atoms with Crippen molar-refractivity contribution in [1.82, 2.24) is 4.98 Å². The Bertz CT molecular complexity index is 239. The predicted octanol–water partition coefficient (Wildman–Crippen LogP) is 0.295. The molecule has 0 spiro atoms. The summed E-state index contributed by atoms with van der Waals surface area (Å²) >= 11 is 0. The lowest BCUT2D eigenvalue weighted by Crippen LogP contribution is -1.96. The van der Waals surface area contributed by atoms with E-state index < -0.39 is 12.4 Å². The van der Waals surface area contributed by atoms with Crippen molar-refractivity contribution in [3.8, 4) is 0 Å². The summed E-state index contributed by atoms with van der Waals surface area (Å²) in [5, 5.41) is 8.47. The summed E-state index contributed by atoms with van der Waals surface area (Å²) in [5.41, 5.74) is 5.48. The summed E-state index contributed by atoms with van der Waals surface area (Å²) in [5.74, 6) is -0.567. The van der Waals surface area contributed by atoms with Gasteiger partial charge in [-0.15, -0.1) is 0 Å². The van der Waals surface area contributed by atoms with Crippen LogP contribution in [0.3, 0.4) is 0 Å². The number of pyridine rings is 1. The molecule has 1 heterocycles. The Balaban J connectivity index is 3.07. The number of nitrogens with two attached hydrogens (primary N) is 1. The summed E-state index contributed by atoms with van der Waals surface area (Å²) in [4.78, 5) is 3.55. The molecule has 0 amide bonds. The van der Waals surface area contributed by atoms with Crippen LogP contribution in [0.1, 0.15) is 5.69 Å². The second-order valence-corrected chi connectivity index (χ2v) is 1.86. The summed E-state index contributed by atoms with van der Waals surface area (Å²) in [6.45, 7) is -0.397. The molecule has 0 bridgehead atoms. The van der Waals surface area contributed by atoms with Crippen molar-refractivity contribution >= 4 is 5.69 Å². The fourth-order valence-electron chi connectivity index (χ4n) is 0.597. The zero-order valence-electron chi connectivity index (χ0n) is 5.21. The Morgan fingerprint density at radius 2 is 2.40 bits per heavy atom. The van der Waals surface area contributed by atoms with E-state index in [0.717, 1.165) is 6.07 Å². The maximum atomic E-state index is 12.5. The lowest BCUT2D eigenvalue weighted by molar-refractivity contribution is 0.270. The minimum Gasteiger partial charge on any atom is -0.397 e. The SMILES string of the molecule is Nc1cnc(CO)c(F)c1. The molecule has 0 fully saturated rings. The van der Waals surface area contributed by atoms with Crippen LogP contribution in [0.2, 0.25) is 0 Å². The first-order valence-corrected chi connectivity index (χ1v) is 2.75. The molecule has 0 radical (unpaired) electrons. The Morgan fingerprint density at radius 3 is 2.90 bits per heavy atom. The van der Waals surface area contributed by atoms with E-state index in [1.54, 1.807) is 0 Å². The van der Waals surface area contributed by atoms with Crippen LogP contribution in [0.15, 0.2) is 12.3 Å². The maximum absolute atomic E-state index is 12.5. The molecule has 0 aliphatic rings. The van der Waals surface area contributed by atoms with Gasteiger partial charge in [-0.25, -0.2) is 4.39 Å². The van der Waals surface area contributed by atoms with Gasteiger partial charge in [0.2, 0.25) is 0 Å². The van der Waals surface area contributed by atoms with E-state index in [0.29, 0.717) is 0 Å². The number of nitrogens with zero attached hydrogens (tertiary/aromatic N) is 1. The van der Waals surface area contributed by atoms with Gasteiger partial charge in [0.1, 0.15) is 11.5 Å². The summed E-state index contributed by atoms with van der Waals surface area (Å²) in [6.07, 6.45) is 1.30. The van der Waals surface area contributed by atoms with E-state index in [4.69, 9.17) is 10.8 Å². The molecule has 1 aromatic heterocycles. The van der Waals surface area contributed by atoms with Crippen molar-refractivity contribution in [3.63, 3.8) is 0 Å². The van der Waals surface area contributed by atoms with Crippen molar-refractivity contribution in [2.24, 2.45) is 0 Å². The molecule has 0 aliphatic heterocycles. The van der Waals surface area contributed by atoms with Gasteiger partial charge in [0.15, 0.2) is 0 Å². The van der Waals surface area contributed by atoms with E-state index in [2.05, 4.69) is 4.98 Å². The van der Waals surface area contributed by atoms with Crippen molar-refractivity contribution in [1.29, 1.82) is 0 Å². The number of aromatic nitrogens is 1. The monoisotopic (exact) mass is 142 g/mol. The van der Waals surface area contributed by atoms with Gasteiger partial charge in [0.05, 0.1) is 18.5 Å². The first kappa shape index (κ1) is 6.95. The van der Waals surface area contributed by atoms with Gasteiger partial charge in [0.25, 0.3) is 0 Å². The largest absolute Gasteiger partial charge is 0.397 e. The molecule has 1 rings (SSSR count). The Hall–Kier alpha value is -1.16. The summed E-state index contributed by atoms with van der Waals surface area (Å²) in [7, 11) is 0. The highest BCUT2D eigenvalue weighted by Gasteiger charge is 2.00. The van der Waals surface area contributed by atoms with E-state index in [1.807, 2.05) is 0 Å². The van der Waals surface area contributed by atoms with Gasteiger partial charge in [0, 0.05) is 6.07 Å². The van der Waals surface area contributed by atoms with Gasteiger partial charge >= 0.3 is 0 Å². The average Bonchev–Trinajstić information content (AvgIpc) is 1.88. The van der Waals surface area contributed by atoms with E-state index >= 15 is 0 Å². The zero-order chi connectivity index (χ0) is 7.56. The van der Waals surface area contributed by atoms with Gasteiger partial charge in [-0.05, 0) is 0 Å². The fraction of sp³-hybridized carbons (Fsp3) is 0.167. The quantitative estimate of drug-likeness (QED) is 0.592. The van der Waals surface area contributed by atoms with Crippen LogP contribution in [0.25, 0.3) is 0 Å². The smallest absolute Gasteiger partial charge is 0.149 e. The second-order valence-electron chi connectivity index (χ2n) is 1.86. The van der Waals surface area contributed by atoms with Crippen LogP contribution >= 0.6 is 0 Å². The van der Waals surface area contributed by atoms with Crippen LogP contribution in [0, 0.1) is 5.82 Å². The summed E-state index contributed by atoms with van der Waals surface area (Å²) < 4.78 is 12.5. The number of aliphatic hydroxyl groups excluding tert-OH is 1. The third-order valence-corrected chi connectivity index (χ3v) is 1.09. The Kier molecular flexibility index (Phi) is 1.82. The molecule has 4 heteroatoms. The first-order chi connectivity index (χ1) is 4.74. The van der Waals surface area contributed by atoms with Crippen molar-refractivity contribution in [2.45, 2.75) is 6.61 Å². The predicted molar refractivity (Wildman–Crippen MR) is 34.5 cm³/mol.